The molecule has 2 aliphatic heterocycles. The Morgan fingerprint density at radius 2 is 1.91 bits per heavy atom. The van der Waals surface area contributed by atoms with Gasteiger partial charge in [0.25, 0.3) is 5.91 Å². The minimum atomic E-state index is -0.672. The lowest BCUT2D eigenvalue weighted by Crippen LogP contribution is -2.59. The number of carbonyl (C=O) groups is 1. The van der Waals surface area contributed by atoms with Gasteiger partial charge in [-0.05, 0) is 76.1 Å². The number of nitrogens with zero attached hydrogens (tertiary/aromatic N) is 5. The predicted molar refractivity (Wildman–Crippen MR) is 177 cm³/mol. The van der Waals surface area contributed by atoms with E-state index in [1.165, 1.54) is 12.8 Å². The van der Waals surface area contributed by atoms with E-state index in [0.717, 1.165) is 53.2 Å². The summed E-state index contributed by atoms with van der Waals surface area (Å²) < 4.78 is 10.1. The molecule has 46 heavy (non-hydrogen) atoms. The van der Waals surface area contributed by atoms with Crippen molar-refractivity contribution in [3.63, 3.8) is 0 Å². The van der Waals surface area contributed by atoms with Gasteiger partial charge in [0.15, 0.2) is 5.88 Å². The first-order valence-electron chi connectivity index (χ1n) is 16.6. The fraction of sp³-hybridized carbons (Fsp3) is 0.571. The summed E-state index contributed by atoms with van der Waals surface area (Å²) in [5.74, 6) is 1.03. The quantitative estimate of drug-likeness (QED) is 0.213. The van der Waals surface area contributed by atoms with E-state index in [1.807, 2.05) is 56.1 Å². The highest BCUT2D eigenvalue weighted by atomic mass is 16.5. The normalized spacial score (nSPS) is 24.6. The van der Waals surface area contributed by atoms with Crippen molar-refractivity contribution >= 4 is 22.6 Å². The second kappa shape index (κ2) is 11.3. The number of hydrogen-bond acceptors (Lipinski definition) is 8. The first kappa shape index (κ1) is 31.1. The van der Waals surface area contributed by atoms with Crippen LogP contribution in [0, 0.1) is 18.3 Å². The number of rotatable bonds is 8. The van der Waals surface area contributed by atoms with Crippen LogP contribution in [0.1, 0.15) is 87.6 Å². The minimum absolute atomic E-state index is 0.0169. The van der Waals surface area contributed by atoms with E-state index < -0.39 is 18.4 Å². The Kier molecular flexibility index (Phi) is 7.66. The summed E-state index contributed by atoms with van der Waals surface area (Å²) in [6, 6.07) is 9.13. The summed E-state index contributed by atoms with van der Waals surface area (Å²) in [4.78, 5) is 26.1. The maximum absolute atomic E-state index is 14.0. The number of piperidine rings is 1. The number of hydrogen-bond donors (Lipinski definition) is 4. The smallest absolute Gasteiger partial charge is 0.254 e. The van der Waals surface area contributed by atoms with Gasteiger partial charge in [-0.2, -0.15) is 0 Å². The lowest BCUT2D eigenvalue weighted by atomic mass is 9.93. The summed E-state index contributed by atoms with van der Waals surface area (Å²) in [6.07, 6.45) is 3.28. The number of aliphatic hydroxyl groups is 2. The first-order valence-corrected chi connectivity index (χ1v) is 16.6. The average Bonchev–Trinajstić information content (AvgIpc) is 3.55. The Bertz CT molecular complexity index is 1800. The molecular formula is C35H47N7O4. The molecule has 4 aromatic rings. The third-order valence-corrected chi connectivity index (χ3v) is 10.4. The molecule has 246 valence electrons. The standard InChI is InChI=1S/C35H47N7O4/c1-18(37-34(45)35(3,4)5)24-11-9-21-13-26(40(32(21)38-24)17-20-7-8-20)31-19(2)41-28(39-31)14-22(15-29(41)46-6)33(44)42-23-10-12-25(42)30(36)27(43)16-23/h9,11,13-15,18,20,23,25,27,30,34,37,43,45H,7-8,10,12,16-17,36H2,1-6H3/t18-,23+,25-,27-,30+,34?/m1/s1. The van der Waals surface area contributed by atoms with Gasteiger partial charge in [0.1, 0.15) is 23.2 Å². The van der Waals surface area contributed by atoms with Crippen LogP contribution in [-0.2, 0) is 6.54 Å². The first-order chi connectivity index (χ1) is 21.8. The summed E-state index contributed by atoms with van der Waals surface area (Å²) in [6.45, 7) is 10.9. The van der Waals surface area contributed by atoms with E-state index in [-0.39, 0.29) is 29.4 Å². The zero-order valence-corrected chi connectivity index (χ0v) is 27.7. The molecule has 0 aromatic carbocycles. The molecule has 7 rings (SSSR count). The number of methoxy groups -OCH3 is 1. The number of carbonyl (C=O) groups excluding carboxylic acids is 1. The van der Waals surface area contributed by atoms with Crippen molar-refractivity contribution in [3.05, 3.63) is 47.3 Å². The zero-order valence-electron chi connectivity index (χ0n) is 27.7. The van der Waals surface area contributed by atoms with E-state index in [2.05, 4.69) is 22.0 Å². The molecule has 11 heteroatoms. The third-order valence-electron chi connectivity index (χ3n) is 10.4. The van der Waals surface area contributed by atoms with Crippen LogP contribution in [0.3, 0.4) is 0 Å². The van der Waals surface area contributed by atoms with Crippen molar-refractivity contribution in [2.45, 2.75) is 110 Å². The number of aromatic nitrogens is 4. The van der Waals surface area contributed by atoms with Gasteiger partial charge in [-0.3, -0.25) is 14.5 Å². The van der Waals surface area contributed by atoms with Crippen molar-refractivity contribution < 1.29 is 19.7 Å². The molecule has 1 unspecified atom stereocenters. The number of aryl methyl sites for hydroxylation is 1. The number of imidazole rings is 1. The lowest BCUT2D eigenvalue weighted by molar-refractivity contribution is 0.0163. The number of fused-ring (bicyclic) bond motifs is 4. The Morgan fingerprint density at radius 3 is 2.61 bits per heavy atom. The number of nitrogens with two attached hydrogens (primary N) is 1. The third kappa shape index (κ3) is 5.27. The van der Waals surface area contributed by atoms with Gasteiger partial charge in [-0.1, -0.05) is 20.8 Å². The Hall–Kier alpha value is -3.51. The van der Waals surface area contributed by atoms with Crippen molar-refractivity contribution in [2.75, 3.05) is 7.11 Å². The van der Waals surface area contributed by atoms with Crippen LogP contribution in [-0.4, -0.2) is 77.5 Å². The molecule has 2 saturated heterocycles. The van der Waals surface area contributed by atoms with Gasteiger partial charge >= 0.3 is 0 Å². The highest BCUT2D eigenvalue weighted by Gasteiger charge is 2.47. The number of nitrogens with one attached hydrogen (secondary N) is 1. The van der Waals surface area contributed by atoms with E-state index in [1.54, 1.807) is 13.2 Å². The van der Waals surface area contributed by atoms with Crippen LogP contribution in [0.2, 0.25) is 0 Å². The van der Waals surface area contributed by atoms with E-state index in [9.17, 15) is 15.0 Å². The maximum Gasteiger partial charge on any atom is 0.254 e. The Morgan fingerprint density at radius 1 is 1.15 bits per heavy atom. The molecule has 1 aliphatic carbocycles. The number of pyridine rings is 2. The molecule has 0 spiro atoms. The van der Waals surface area contributed by atoms with Crippen LogP contribution >= 0.6 is 0 Å². The molecular weight excluding hydrogens is 582 g/mol. The number of aliphatic hydroxyl groups excluding tert-OH is 2. The second-order valence-corrected chi connectivity index (χ2v) is 14.8. The lowest BCUT2D eigenvalue weighted by Gasteiger charge is -2.41. The minimum Gasteiger partial charge on any atom is -0.482 e. The SMILES string of the molecule is COc1cc(C(=O)N2[C@H]3CC[C@@H]2[C@H](N)[C@H](O)C3)cc2nc(-c3cc4ccc([C@@H](C)NC(O)C(C)(C)C)nc4n3CC3CC3)c(C)n12. The molecule has 3 fully saturated rings. The fourth-order valence-corrected chi connectivity index (χ4v) is 7.37. The number of ether oxygens (including phenoxy) is 1. The van der Waals surface area contributed by atoms with Gasteiger partial charge in [0.05, 0.1) is 42.4 Å². The van der Waals surface area contributed by atoms with Gasteiger partial charge in [-0.25, -0.2) is 9.97 Å². The van der Waals surface area contributed by atoms with Gasteiger partial charge in [0, 0.05) is 41.1 Å². The fourth-order valence-electron chi connectivity index (χ4n) is 7.37. The van der Waals surface area contributed by atoms with Crippen molar-refractivity contribution in [2.24, 2.45) is 17.1 Å². The molecule has 11 nitrogen and oxygen atoms in total. The monoisotopic (exact) mass is 629 g/mol. The summed E-state index contributed by atoms with van der Waals surface area (Å²) in [7, 11) is 1.61. The van der Waals surface area contributed by atoms with E-state index in [0.29, 0.717) is 29.4 Å². The van der Waals surface area contributed by atoms with Crippen LogP contribution in [0.25, 0.3) is 28.1 Å². The molecule has 6 heterocycles. The zero-order chi connectivity index (χ0) is 32.7. The molecule has 3 aliphatic rings. The van der Waals surface area contributed by atoms with E-state index >= 15 is 0 Å². The van der Waals surface area contributed by atoms with Crippen LogP contribution in [0.15, 0.2) is 30.3 Å². The highest BCUT2D eigenvalue weighted by molar-refractivity contribution is 5.96. The van der Waals surface area contributed by atoms with Gasteiger partial charge < -0.3 is 30.2 Å². The molecule has 2 bridgehead atoms. The van der Waals surface area contributed by atoms with Crippen LogP contribution < -0.4 is 15.8 Å². The van der Waals surface area contributed by atoms with Gasteiger partial charge in [-0.15, -0.1) is 0 Å². The van der Waals surface area contributed by atoms with E-state index in [4.69, 9.17) is 20.4 Å². The molecule has 6 atom stereocenters. The number of amides is 1. The Balaban J connectivity index is 1.29. The van der Waals surface area contributed by atoms with Crippen molar-refractivity contribution in [3.8, 4) is 17.3 Å². The summed E-state index contributed by atoms with van der Waals surface area (Å²) in [5.41, 5.74) is 11.7. The van der Waals surface area contributed by atoms with Crippen molar-refractivity contribution in [1.29, 1.82) is 0 Å². The molecule has 1 saturated carbocycles. The van der Waals surface area contributed by atoms with Crippen LogP contribution in [0.4, 0.5) is 0 Å². The largest absolute Gasteiger partial charge is 0.482 e. The average molecular weight is 630 g/mol. The molecule has 4 aromatic heterocycles. The summed E-state index contributed by atoms with van der Waals surface area (Å²) in [5, 5.41) is 25.4. The van der Waals surface area contributed by atoms with Gasteiger partial charge in [0.2, 0.25) is 0 Å². The molecule has 5 N–H and O–H groups in total. The summed E-state index contributed by atoms with van der Waals surface area (Å²) >= 11 is 0. The highest BCUT2D eigenvalue weighted by Crippen LogP contribution is 2.39. The predicted octanol–water partition coefficient (Wildman–Crippen LogP) is 4.16. The Labute approximate surface area is 269 Å². The second-order valence-electron chi connectivity index (χ2n) is 14.8. The molecule has 1 amide bonds. The van der Waals surface area contributed by atoms with Crippen molar-refractivity contribution in [1.82, 2.24) is 29.2 Å². The van der Waals surface area contributed by atoms with Crippen LogP contribution in [0.5, 0.6) is 5.88 Å². The topological polar surface area (TPSA) is 143 Å². The maximum atomic E-state index is 14.0. The molecule has 0 radical (unpaired) electrons.